The maximum atomic E-state index is 14.7. The summed E-state index contributed by atoms with van der Waals surface area (Å²) in [7, 11) is 19.2. The van der Waals surface area contributed by atoms with E-state index in [9.17, 15) is 28.8 Å². The number of amides is 4. The predicted molar refractivity (Wildman–Crippen MR) is 402 cm³/mol. The fraction of sp³-hybridized carbons (Fsp3) is 0.488. The number of nitrogens with zero attached hydrogens (tertiary/aromatic N) is 3. The molecule has 25 heteroatoms. The molecular weight excluding hydrogens is 1370 g/mol. The van der Waals surface area contributed by atoms with Gasteiger partial charge in [0.15, 0.2) is 59.2 Å². The van der Waals surface area contributed by atoms with E-state index in [1.165, 1.54) is 42.7 Å². The second-order valence-corrected chi connectivity index (χ2v) is 26.7. The van der Waals surface area contributed by atoms with Crippen molar-refractivity contribution in [1.82, 2.24) is 25.3 Å². The van der Waals surface area contributed by atoms with Gasteiger partial charge in [-0.25, -0.2) is 9.59 Å². The van der Waals surface area contributed by atoms with Crippen LogP contribution in [0.5, 0.6) is 69.0 Å². The van der Waals surface area contributed by atoms with Crippen LogP contribution < -0.4 is 67.5 Å². The highest BCUT2D eigenvalue weighted by Crippen LogP contribution is 2.44. The fourth-order valence-electron chi connectivity index (χ4n) is 13.9. The van der Waals surface area contributed by atoms with E-state index < -0.39 is 59.9 Å². The number of hydrogen-bond acceptors (Lipinski definition) is 21. The number of carbonyl (C=O) groups excluding carboxylic acids is 6. The average molecular weight is 1480 g/mol. The van der Waals surface area contributed by atoms with Crippen LogP contribution in [0, 0.1) is 5.92 Å². The number of ether oxygens (including phenoxy) is 14. The summed E-state index contributed by atoms with van der Waals surface area (Å²) in [5.41, 5.74) is 4.38. The highest BCUT2D eigenvalue weighted by Gasteiger charge is 2.40. The molecule has 4 amide bonds. The van der Waals surface area contributed by atoms with Crippen molar-refractivity contribution in [3.63, 3.8) is 0 Å². The molecule has 2 heterocycles. The SMILES string of the molecule is CCC(C(=O)N1CCCCC1C(=O)O[C@H](CCc1ccc(OC)c(OC)c1)c1cccc(OCC(=O)NCC(CNC(=O)COc2cccc([C@@H](CCc3ccc(OC)c(OC)c3)OC(=O)[C@@H]3CCCCN3C(=O)C(CC)c3cc(OC)c(OC)c(OC)c3)c2)CN(C)C)c1)c1cc(OC)c(OC)c(OC)c1. The van der Waals surface area contributed by atoms with Gasteiger partial charge in [0.25, 0.3) is 11.8 Å². The average Bonchev–Trinajstić information content (AvgIpc) is 0.795. The van der Waals surface area contributed by atoms with Crippen molar-refractivity contribution in [2.45, 2.75) is 127 Å². The Hall–Kier alpha value is -10.3. The van der Waals surface area contributed by atoms with Crippen molar-refractivity contribution in [2.24, 2.45) is 5.92 Å². The number of esters is 2. The molecule has 107 heavy (non-hydrogen) atoms. The third kappa shape index (κ3) is 21.9. The van der Waals surface area contributed by atoms with Gasteiger partial charge in [-0.1, -0.05) is 50.2 Å². The zero-order valence-electron chi connectivity index (χ0n) is 64.4. The molecule has 4 unspecified atom stereocenters. The summed E-state index contributed by atoms with van der Waals surface area (Å²) in [4.78, 5) is 91.4. The van der Waals surface area contributed by atoms with Crippen molar-refractivity contribution in [2.75, 3.05) is 131 Å². The van der Waals surface area contributed by atoms with E-state index >= 15 is 0 Å². The Labute approximate surface area is 628 Å². The summed E-state index contributed by atoms with van der Waals surface area (Å²) in [6.45, 7) is 4.79. The molecule has 0 saturated carbocycles. The Morgan fingerprint density at radius 2 is 0.813 bits per heavy atom. The van der Waals surface area contributed by atoms with Crippen LogP contribution in [0.25, 0.3) is 0 Å². The molecule has 6 aromatic rings. The molecule has 0 aliphatic carbocycles. The first kappa shape index (κ1) is 82.4. The first-order valence-corrected chi connectivity index (χ1v) is 36.5. The monoisotopic (exact) mass is 1480 g/mol. The summed E-state index contributed by atoms with van der Waals surface area (Å²) in [6, 6.07) is 30.8. The maximum Gasteiger partial charge on any atom is 0.329 e. The fourth-order valence-corrected chi connectivity index (χ4v) is 13.9. The molecule has 2 saturated heterocycles. The molecular formula is C82H107N5O20. The highest BCUT2D eigenvalue weighted by molar-refractivity contribution is 5.90. The van der Waals surface area contributed by atoms with Gasteiger partial charge in [-0.2, -0.15) is 0 Å². The lowest BCUT2D eigenvalue weighted by molar-refractivity contribution is -0.162. The number of piperidine rings is 2. The Bertz CT molecular complexity index is 3650. The summed E-state index contributed by atoms with van der Waals surface area (Å²) in [5, 5.41) is 5.94. The Morgan fingerprint density at radius 3 is 1.15 bits per heavy atom. The molecule has 2 aliphatic heterocycles. The van der Waals surface area contributed by atoms with Gasteiger partial charge >= 0.3 is 11.9 Å². The normalized spacial score (nSPS) is 15.6. The second kappa shape index (κ2) is 41.0. The summed E-state index contributed by atoms with van der Waals surface area (Å²) < 4.78 is 81.2. The maximum absolute atomic E-state index is 14.7. The molecule has 2 N–H and O–H groups in total. The number of nitrogens with one attached hydrogen (secondary N) is 2. The van der Waals surface area contributed by atoms with Crippen LogP contribution in [0.2, 0.25) is 0 Å². The van der Waals surface area contributed by atoms with Crippen LogP contribution in [0.4, 0.5) is 0 Å². The number of benzene rings is 6. The molecule has 2 aliphatic rings. The van der Waals surface area contributed by atoms with Gasteiger partial charge < -0.3 is 91.6 Å². The Balaban J connectivity index is 0.906. The second-order valence-electron chi connectivity index (χ2n) is 26.7. The molecule has 0 bridgehead atoms. The summed E-state index contributed by atoms with van der Waals surface area (Å²) >= 11 is 0. The van der Waals surface area contributed by atoms with Crippen LogP contribution in [0.15, 0.2) is 109 Å². The molecule has 0 aromatic heterocycles. The minimum Gasteiger partial charge on any atom is -0.493 e. The Kier molecular flexibility index (Phi) is 31.5. The first-order chi connectivity index (χ1) is 51.8. The lowest BCUT2D eigenvalue weighted by atomic mass is 9.91. The lowest BCUT2D eigenvalue weighted by Gasteiger charge is -2.37. The number of likely N-dealkylation sites (tertiary alicyclic amines) is 2. The smallest absolute Gasteiger partial charge is 0.329 e. The van der Waals surface area contributed by atoms with Gasteiger partial charge in [0, 0.05) is 38.6 Å². The molecule has 8 rings (SSSR count). The van der Waals surface area contributed by atoms with E-state index in [0.717, 1.165) is 24.0 Å². The quantitative estimate of drug-likeness (QED) is 0.0339. The van der Waals surface area contributed by atoms with E-state index in [2.05, 4.69) is 10.6 Å². The molecule has 6 aromatic carbocycles. The third-order valence-corrected chi connectivity index (χ3v) is 19.5. The topological polar surface area (TPSA) is 265 Å². The number of hydrogen-bond donors (Lipinski definition) is 2. The molecule has 2 fully saturated rings. The van der Waals surface area contributed by atoms with Crippen LogP contribution in [-0.2, 0) is 51.1 Å². The molecule has 0 radical (unpaired) electrons. The minimum atomic E-state index is -0.860. The van der Waals surface area contributed by atoms with Crippen LogP contribution in [-0.4, -0.2) is 193 Å². The van der Waals surface area contributed by atoms with Crippen molar-refractivity contribution in [3.05, 3.63) is 143 Å². The van der Waals surface area contributed by atoms with E-state index in [0.29, 0.717) is 175 Å². The number of rotatable bonds is 40. The van der Waals surface area contributed by atoms with Gasteiger partial charge in [-0.15, -0.1) is 0 Å². The lowest BCUT2D eigenvalue weighted by Crippen LogP contribution is -2.50. The zero-order chi connectivity index (χ0) is 77.1. The van der Waals surface area contributed by atoms with Crippen molar-refractivity contribution < 1.29 is 95.1 Å². The predicted octanol–water partition coefficient (Wildman–Crippen LogP) is 11.2. The summed E-state index contributed by atoms with van der Waals surface area (Å²) in [5.74, 6) is 1.63. The van der Waals surface area contributed by atoms with Gasteiger partial charge in [0.05, 0.1) is 82.9 Å². The molecule has 580 valence electrons. The zero-order valence-corrected chi connectivity index (χ0v) is 64.4. The van der Waals surface area contributed by atoms with Crippen LogP contribution in [0.1, 0.15) is 135 Å². The van der Waals surface area contributed by atoms with Crippen LogP contribution >= 0.6 is 0 Å². The van der Waals surface area contributed by atoms with Crippen molar-refractivity contribution in [3.8, 4) is 69.0 Å². The van der Waals surface area contributed by atoms with Gasteiger partial charge in [0.1, 0.15) is 35.8 Å². The van der Waals surface area contributed by atoms with Crippen LogP contribution in [0.3, 0.4) is 0 Å². The summed E-state index contributed by atoms with van der Waals surface area (Å²) in [6.07, 6.45) is 4.57. The highest BCUT2D eigenvalue weighted by atomic mass is 16.6. The van der Waals surface area contributed by atoms with E-state index in [4.69, 9.17) is 66.3 Å². The number of aryl methyl sites for hydroxylation is 2. The largest absolute Gasteiger partial charge is 0.493 e. The third-order valence-electron chi connectivity index (χ3n) is 19.5. The Morgan fingerprint density at radius 1 is 0.439 bits per heavy atom. The number of methoxy groups -OCH3 is 10. The van der Waals surface area contributed by atoms with Gasteiger partial charge in [0.2, 0.25) is 23.3 Å². The van der Waals surface area contributed by atoms with Gasteiger partial charge in [-0.3, -0.25) is 19.2 Å². The van der Waals surface area contributed by atoms with E-state index in [1.54, 1.807) is 98.9 Å². The van der Waals surface area contributed by atoms with E-state index in [-0.39, 0.29) is 44.0 Å². The minimum absolute atomic E-state index is 0.197. The van der Waals surface area contributed by atoms with Gasteiger partial charge in [-0.05, 0) is 197 Å². The first-order valence-electron chi connectivity index (χ1n) is 36.5. The molecule has 25 nitrogen and oxygen atoms in total. The standard InChI is InChI=1S/C82H107N5O20/c1-15-61(57-43-71(98-9)77(102-13)72(44-57)99-10)79(90)86-37-19-17-27-63(86)81(92)106-65(33-29-52-31-35-67(94-5)69(39-52)96-7)55-23-21-25-59(41-55)104-50-75(88)83-47-54(49-85(3)4)48-84-76(89)51-105-60-26-22-24-56(42-60)66(34-30-53-32-36-68(95-6)70(40-53)97-8)107-82(93)64-28-18-20-38-87(64)80(91)62(16-2)58-45-73(100-11)78(103-14)74(46-58)101-12/h21-26,31-32,35-36,39-46,54,61-66H,15-20,27-30,33-34,37-38,47-51H2,1-14H3,(H,83,88)(H,84,89)/t54?,61?,62?,63-,64?,65+,66+/m0/s1. The van der Waals surface area contributed by atoms with Crippen molar-refractivity contribution >= 4 is 35.6 Å². The number of carbonyl (C=O) groups is 6. The molecule has 7 atom stereocenters. The van der Waals surface area contributed by atoms with E-state index in [1.807, 2.05) is 81.4 Å². The van der Waals surface area contributed by atoms with Crippen molar-refractivity contribution in [1.29, 1.82) is 0 Å². The molecule has 0 spiro atoms.